The number of sulfonamides is 1. The summed E-state index contributed by atoms with van der Waals surface area (Å²) in [5.74, 6) is -1.19. The summed E-state index contributed by atoms with van der Waals surface area (Å²) in [6.07, 6.45) is 4.04. The highest BCUT2D eigenvalue weighted by Gasteiger charge is 2.28. The molecule has 1 aliphatic rings. The van der Waals surface area contributed by atoms with Gasteiger partial charge in [-0.05, 0) is 31.0 Å². The van der Waals surface area contributed by atoms with Crippen molar-refractivity contribution in [1.29, 1.82) is 0 Å². The monoisotopic (exact) mass is 298 g/mol. The molecule has 7 heteroatoms. The van der Waals surface area contributed by atoms with Gasteiger partial charge in [-0.3, -0.25) is 4.72 Å². The van der Waals surface area contributed by atoms with Gasteiger partial charge in [-0.25, -0.2) is 13.2 Å². The predicted molar refractivity (Wildman–Crippen MR) is 77.2 cm³/mol. The minimum Gasteiger partial charge on any atom is -0.478 e. The number of carbonyl (C=O) groups is 1. The van der Waals surface area contributed by atoms with E-state index < -0.39 is 21.2 Å². The van der Waals surface area contributed by atoms with Gasteiger partial charge >= 0.3 is 5.97 Å². The van der Waals surface area contributed by atoms with Crippen LogP contribution in [0.4, 0.5) is 11.4 Å². The van der Waals surface area contributed by atoms with Gasteiger partial charge in [-0.1, -0.05) is 19.3 Å². The zero-order valence-corrected chi connectivity index (χ0v) is 11.8. The number of aromatic carboxylic acids is 1. The Kier molecular flexibility index (Phi) is 4.17. The smallest absolute Gasteiger partial charge is 0.337 e. The molecule has 0 radical (unpaired) electrons. The molecule has 110 valence electrons. The first kappa shape index (κ1) is 14.6. The number of hydrogen-bond acceptors (Lipinski definition) is 4. The maximum atomic E-state index is 12.3. The number of rotatable bonds is 4. The van der Waals surface area contributed by atoms with Crippen molar-refractivity contribution in [3.8, 4) is 0 Å². The van der Waals surface area contributed by atoms with Crippen LogP contribution in [0, 0.1) is 0 Å². The number of nitrogens with two attached hydrogens (primary N) is 1. The third-order valence-electron chi connectivity index (χ3n) is 3.52. The van der Waals surface area contributed by atoms with Crippen molar-refractivity contribution < 1.29 is 18.3 Å². The van der Waals surface area contributed by atoms with E-state index in [0.717, 1.165) is 19.3 Å². The van der Waals surface area contributed by atoms with Gasteiger partial charge in [0.1, 0.15) is 0 Å². The van der Waals surface area contributed by atoms with Crippen LogP contribution in [0.5, 0.6) is 0 Å². The summed E-state index contributed by atoms with van der Waals surface area (Å²) in [6, 6.07) is 4.07. The first-order valence-corrected chi connectivity index (χ1v) is 8.09. The van der Waals surface area contributed by atoms with Crippen molar-refractivity contribution in [3.63, 3.8) is 0 Å². The lowest BCUT2D eigenvalue weighted by Gasteiger charge is -2.23. The molecule has 4 N–H and O–H groups in total. The van der Waals surface area contributed by atoms with E-state index in [9.17, 15) is 13.2 Å². The first-order chi connectivity index (χ1) is 9.40. The average Bonchev–Trinajstić information content (AvgIpc) is 2.39. The molecule has 0 atom stereocenters. The maximum absolute atomic E-state index is 12.3. The molecule has 1 aliphatic carbocycles. The van der Waals surface area contributed by atoms with Gasteiger partial charge in [0.25, 0.3) is 0 Å². The Labute approximate surface area is 118 Å². The fourth-order valence-electron chi connectivity index (χ4n) is 2.44. The molecule has 6 nitrogen and oxygen atoms in total. The number of hydrogen-bond donors (Lipinski definition) is 3. The summed E-state index contributed by atoms with van der Waals surface area (Å²) >= 11 is 0. The van der Waals surface area contributed by atoms with E-state index in [4.69, 9.17) is 10.8 Å². The summed E-state index contributed by atoms with van der Waals surface area (Å²) in [4.78, 5) is 11.1. The van der Waals surface area contributed by atoms with Crippen LogP contribution >= 0.6 is 0 Å². The third-order valence-corrected chi connectivity index (χ3v) is 5.37. The van der Waals surface area contributed by atoms with E-state index in [1.807, 2.05) is 0 Å². The van der Waals surface area contributed by atoms with Crippen molar-refractivity contribution in [3.05, 3.63) is 23.8 Å². The van der Waals surface area contributed by atoms with Gasteiger partial charge in [0.2, 0.25) is 10.0 Å². The average molecular weight is 298 g/mol. The predicted octanol–water partition coefficient (Wildman–Crippen LogP) is 2.04. The van der Waals surface area contributed by atoms with Crippen molar-refractivity contribution in [1.82, 2.24) is 0 Å². The first-order valence-electron chi connectivity index (χ1n) is 6.54. The van der Waals surface area contributed by atoms with Crippen LogP contribution < -0.4 is 10.5 Å². The lowest BCUT2D eigenvalue weighted by Crippen LogP contribution is -2.30. The zero-order chi connectivity index (χ0) is 14.8. The number of nitrogen functional groups attached to an aromatic ring is 1. The van der Waals surface area contributed by atoms with Crippen molar-refractivity contribution in [2.24, 2.45) is 0 Å². The van der Waals surface area contributed by atoms with Gasteiger partial charge in [0.15, 0.2) is 0 Å². The molecule has 20 heavy (non-hydrogen) atoms. The normalized spacial score (nSPS) is 16.8. The molecule has 0 bridgehead atoms. The molecule has 0 amide bonds. The molecule has 0 unspecified atom stereocenters. The summed E-state index contributed by atoms with van der Waals surface area (Å²) in [7, 11) is -3.58. The Hall–Kier alpha value is -1.76. The minimum absolute atomic E-state index is 0.0306. The van der Waals surface area contributed by atoms with E-state index in [2.05, 4.69) is 4.72 Å². The van der Waals surface area contributed by atoms with Gasteiger partial charge in [-0.2, -0.15) is 0 Å². The standard InChI is InChI=1S/C13H18N2O4S/c14-9-6-7-11(13(16)17)12(8-9)15-20(18,19)10-4-2-1-3-5-10/h6-8,10,15H,1-5,14H2,(H,16,17). The van der Waals surface area contributed by atoms with Crippen molar-refractivity contribution >= 4 is 27.4 Å². The number of carboxylic acid groups (broad SMARTS) is 1. The van der Waals surface area contributed by atoms with Crippen LogP contribution in [-0.2, 0) is 10.0 Å². The fourth-order valence-corrected chi connectivity index (χ4v) is 4.04. The second kappa shape index (κ2) is 5.70. The molecule has 0 aliphatic heterocycles. The molecular formula is C13H18N2O4S. The second-order valence-corrected chi connectivity index (χ2v) is 6.98. The lowest BCUT2D eigenvalue weighted by atomic mass is 10.0. The van der Waals surface area contributed by atoms with Crippen LogP contribution in [0.15, 0.2) is 18.2 Å². The minimum atomic E-state index is -3.58. The topological polar surface area (TPSA) is 109 Å². The summed E-state index contributed by atoms with van der Waals surface area (Å²) in [5.41, 5.74) is 5.85. The molecule has 1 aromatic carbocycles. The maximum Gasteiger partial charge on any atom is 0.337 e. The molecule has 0 saturated heterocycles. The Bertz CT molecular complexity index is 607. The highest BCUT2D eigenvalue weighted by atomic mass is 32.2. The number of nitrogens with one attached hydrogen (secondary N) is 1. The van der Waals surface area contributed by atoms with Crippen LogP contribution in [-0.4, -0.2) is 24.7 Å². The fraction of sp³-hybridized carbons (Fsp3) is 0.462. The highest BCUT2D eigenvalue weighted by Crippen LogP contribution is 2.27. The van der Waals surface area contributed by atoms with Gasteiger partial charge in [0.05, 0.1) is 16.5 Å². The molecule has 1 aromatic rings. The van der Waals surface area contributed by atoms with E-state index in [0.29, 0.717) is 18.5 Å². The lowest BCUT2D eigenvalue weighted by molar-refractivity contribution is 0.0698. The van der Waals surface area contributed by atoms with Gasteiger partial charge < -0.3 is 10.8 Å². The van der Waals surface area contributed by atoms with Crippen LogP contribution in [0.1, 0.15) is 42.5 Å². The molecule has 2 rings (SSSR count). The Balaban J connectivity index is 2.28. The summed E-state index contributed by atoms with van der Waals surface area (Å²) in [6.45, 7) is 0. The van der Waals surface area contributed by atoms with Crippen LogP contribution in [0.3, 0.4) is 0 Å². The van der Waals surface area contributed by atoms with Crippen LogP contribution in [0.25, 0.3) is 0 Å². The quantitative estimate of drug-likeness (QED) is 0.737. The highest BCUT2D eigenvalue weighted by molar-refractivity contribution is 7.93. The van der Waals surface area contributed by atoms with Gasteiger partial charge in [-0.15, -0.1) is 0 Å². The largest absolute Gasteiger partial charge is 0.478 e. The Morgan fingerprint density at radius 3 is 2.50 bits per heavy atom. The van der Waals surface area contributed by atoms with Crippen molar-refractivity contribution in [2.45, 2.75) is 37.4 Å². The third kappa shape index (κ3) is 3.22. The van der Waals surface area contributed by atoms with Crippen molar-refractivity contribution in [2.75, 3.05) is 10.5 Å². The van der Waals surface area contributed by atoms with Crippen LogP contribution in [0.2, 0.25) is 0 Å². The zero-order valence-electron chi connectivity index (χ0n) is 11.0. The molecular weight excluding hydrogens is 280 g/mol. The number of benzene rings is 1. The number of carboxylic acids is 1. The number of anilines is 2. The SMILES string of the molecule is Nc1ccc(C(=O)O)c(NS(=O)(=O)C2CCCCC2)c1. The molecule has 1 saturated carbocycles. The van der Waals surface area contributed by atoms with E-state index in [1.165, 1.54) is 18.2 Å². The second-order valence-electron chi connectivity index (χ2n) is 5.02. The molecule has 0 heterocycles. The summed E-state index contributed by atoms with van der Waals surface area (Å²) in [5, 5.41) is 8.63. The Morgan fingerprint density at radius 1 is 1.25 bits per heavy atom. The molecule has 1 fully saturated rings. The van der Waals surface area contributed by atoms with E-state index in [-0.39, 0.29) is 11.3 Å². The molecule has 0 spiro atoms. The Morgan fingerprint density at radius 2 is 1.90 bits per heavy atom. The molecule has 0 aromatic heterocycles. The van der Waals surface area contributed by atoms with E-state index >= 15 is 0 Å². The van der Waals surface area contributed by atoms with E-state index in [1.54, 1.807) is 0 Å². The van der Waals surface area contributed by atoms with Gasteiger partial charge in [0, 0.05) is 5.69 Å². The summed E-state index contributed by atoms with van der Waals surface area (Å²) < 4.78 is 27.0.